The molecule has 0 bridgehead atoms. The van der Waals surface area contributed by atoms with E-state index in [-0.39, 0.29) is 22.1 Å². The molecule has 346 valence electrons. The van der Waals surface area contributed by atoms with E-state index in [4.69, 9.17) is 19.9 Å². The number of benzene rings is 6. The molecule has 8 aromatic rings. The van der Waals surface area contributed by atoms with Crippen LogP contribution < -0.4 is 0 Å². The summed E-state index contributed by atoms with van der Waals surface area (Å²) in [6, 6.07) is 12.0. The maximum Gasteiger partial charge on any atom is 0.348 e. The normalized spacial score (nSPS) is 12.6. The highest BCUT2D eigenvalue weighted by Gasteiger charge is 2.43. The summed E-state index contributed by atoms with van der Waals surface area (Å²) >= 11 is 0. The van der Waals surface area contributed by atoms with Crippen LogP contribution in [0.4, 0.5) is 22.7 Å². The Labute approximate surface area is 392 Å². The van der Waals surface area contributed by atoms with E-state index in [1.807, 2.05) is 24.3 Å². The molecule has 0 aliphatic heterocycles. The first-order valence-corrected chi connectivity index (χ1v) is 27.1. The summed E-state index contributed by atoms with van der Waals surface area (Å²) in [5.74, 6) is 7.12. The number of fused-ring (bicyclic) bond motifs is 8. The van der Waals surface area contributed by atoms with Gasteiger partial charge >= 0.3 is 22.7 Å². The number of hydrogen-bond acceptors (Lipinski definition) is 12. The number of nitrogens with zero attached hydrogens (tertiary/aromatic N) is 8. The van der Waals surface area contributed by atoms with Crippen LogP contribution in [0.25, 0.3) is 76.5 Å². The molecule has 0 radical (unpaired) electrons. The van der Waals surface area contributed by atoms with Crippen LogP contribution in [0.1, 0.15) is 94.2 Å². The molecular weight excluding hydrogens is 897 g/mol. The van der Waals surface area contributed by atoms with Crippen molar-refractivity contribution < 1.29 is 19.7 Å². The van der Waals surface area contributed by atoms with Crippen molar-refractivity contribution in [2.24, 2.45) is 0 Å². The fourth-order valence-corrected chi connectivity index (χ4v) is 21.9. The lowest BCUT2D eigenvalue weighted by Gasteiger charge is -2.38. The minimum Gasteiger partial charge on any atom is -0.258 e. The molecular formula is C50H50N8O8Si2. The smallest absolute Gasteiger partial charge is 0.258 e. The van der Waals surface area contributed by atoms with Gasteiger partial charge in [-0.3, -0.25) is 40.5 Å². The zero-order valence-corrected chi connectivity index (χ0v) is 41.9. The van der Waals surface area contributed by atoms with E-state index in [2.05, 4.69) is 106 Å². The van der Waals surface area contributed by atoms with Crippen molar-refractivity contribution in [3.8, 4) is 22.9 Å². The van der Waals surface area contributed by atoms with Gasteiger partial charge < -0.3 is 0 Å². The van der Waals surface area contributed by atoms with Crippen molar-refractivity contribution in [3.05, 3.63) is 100 Å². The number of aromatic nitrogens is 4. The SMILES string of the molecule is CC(C)[Si](C#Cc1cc2c3nc4cc([N+](=O)[O-])c([N+](=O)[O-])cc4nc3c3cc(C#C[Si](C(C)C)(C(C)C)C(C)C)cc4c5nc6cc([N+](=O)[O-])c([N+](=O)[O-])cc6nc5c(c1)c2c34)(C(C)C)C(C)C. The van der Waals surface area contributed by atoms with Crippen LogP contribution in [0, 0.1) is 63.4 Å². The first-order valence-electron chi connectivity index (χ1n) is 22.7. The Morgan fingerprint density at radius 1 is 0.382 bits per heavy atom. The third kappa shape index (κ3) is 7.21. The van der Waals surface area contributed by atoms with E-state index in [1.165, 1.54) is 0 Å². The van der Waals surface area contributed by atoms with Crippen LogP contribution >= 0.6 is 0 Å². The molecule has 0 aliphatic carbocycles. The van der Waals surface area contributed by atoms with Crippen molar-refractivity contribution in [1.82, 2.24) is 19.9 Å². The molecule has 2 aromatic heterocycles. The largest absolute Gasteiger partial charge is 0.348 e. The Kier molecular flexibility index (Phi) is 11.7. The average Bonchev–Trinajstić information content (AvgIpc) is 3.26. The van der Waals surface area contributed by atoms with E-state index >= 15 is 0 Å². The molecule has 0 N–H and O–H groups in total. The van der Waals surface area contributed by atoms with Gasteiger partial charge in [0.15, 0.2) is 0 Å². The second-order valence-corrected chi connectivity index (χ2v) is 30.9. The van der Waals surface area contributed by atoms with E-state index in [1.54, 1.807) is 0 Å². The Hall–Kier alpha value is -7.29. The van der Waals surface area contributed by atoms with E-state index in [0.29, 0.717) is 98.8 Å². The van der Waals surface area contributed by atoms with Crippen molar-refractivity contribution in [2.75, 3.05) is 0 Å². The molecule has 0 spiro atoms. The lowest BCUT2D eigenvalue weighted by atomic mass is 9.89. The number of nitro benzene ring substituents is 4. The Balaban J connectivity index is 1.66. The molecule has 16 nitrogen and oxygen atoms in total. The average molecular weight is 947 g/mol. The molecule has 0 fully saturated rings. The fraction of sp³-hybridized carbons (Fsp3) is 0.360. The van der Waals surface area contributed by atoms with Gasteiger partial charge in [0, 0.05) is 43.4 Å². The molecule has 0 unspecified atom stereocenters. The summed E-state index contributed by atoms with van der Waals surface area (Å²) in [5.41, 5.74) is 9.40. The molecule has 0 aliphatic rings. The zero-order chi connectivity index (χ0) is 49.6. The van der Waals surface area contributed by atoms with Crippen molar-refractivity contribution in [3.63, 3.8) is 0 Å². The summed E-state index contributed by atoms with van der Waals surface area (Å²) in [7, 11) is -4.63. The van der Waals surface area contributed by atoms with E-state index in [0.717, 1.165) is 24.3 Å². The molecule has 18 heteroatoms. The fourth-order valence-electron chi connectivity index (χ4n) is 11.4. The van der Waals surface area contributed by atoms with Gasteiger partial charge in [-0.25, -0.2) is 19.9 Å². The highest BCUT2D eigenvalue weighted by atomic mass is 28.3. The molecule has 8 rings (SSSR count). The van der Waals surface area contributed by atoms with Crippen LogP contribution in [0.2, 0.25) is 33.2 Å². The summed E-state index contributed by atoms with van der Waals surface area (Å²) < 4.78 is 0. The predicted molar refractivity (Wildman–Crippen MR) is 274 cm³/mol. The van der Waals surface area contributed by atoms with Crippen LogP contribution in [0.5, 0.6) is 0 Å². The molecule has 6 aromatic carbocycles. The van der Waals surface area contributed by atoms with E-state index in [9.17, 15) is 40.5 Å². The third-order valence-corrected chi connectivity index (χ3v) is 27.0. The molecule has 0 saturated heterocycles. The summed E-state index contributed by atoms with van der Waals surface area (Å²) in [6.07, 6.45) is 0. The first kappa shape index (κ1) is 47.2. The van der Waals surface area contributed by atoms with Gasteiger partial charge in [-0.15, -0.1) is 11.1 Å². The minimum absolute atomic E-state index is 0.0641. The number of rotatable bonds is 10. The topological polar surface area (TPSA) is 224 Å². The number of nitro groups is 4. The lowest BCUT2D eigenvalue weighted by molar-refractivity contribution is -0.422. The van der Waals surface area contributed by atoms with Crippen molar-refractivity contribution in [1.29, 1.82) is 0 Å². The summed E-state index contributed by atoms with van der Waals surface area (Å²) in [4.78, 5) is 65.8. The standard InChI is InChI=1S/C50H50N8O8Si2/c1-25(2)67(26(3)4,27(5)6)15-13-31-17-33-45-34(18-31)48-50(54-40-24-44(58(65)66)42(56(61)62)22-38(40)52-48)36-20-32(14-16-68(28(7)8,29(9)10)30(11)12)19-35(46(36)45)49-47(33)51-37-21-41(55(59)60)43(57(63)64)23-39(37)53-49/h17-30H,1-12H3. The quantitative estimate of drug-likeness (QED) is 0.0312. The summed E-state index contributed by atoms with van der Waals surface area (Å²) in [5, 5.41) is 52.5. The van der Waals surface area contributed by atoms with Crippen LogP contribution in [-0.2, 0) is 0 Å². The Morgan fingerprint density at radius 3 is 0.765 bits per heavy atom. The van der Waals surface area contributed by atoms with Gasteiger partial charge in [0.05, 0.1) is 88.1 Å². The highest BCUT2D eigenvalue weighted by molar-refractivity contribution is 6.91. The van der Waals surface area contributed by atoms with Gasteiger partial charge in [-0.1, -0.05) is 94.9 Å². The van der Waals surface area contributed by atoms with Crippen molar-refractivity contribution >= 4 is 115 Å². The maximum absolute atomic E-state index is 12.2. The van der Waals surface area contributed by atoms with Crippen LogP contribution in [0.3, 0.4) is 0 Å². The zero-order valence-electron chi connectivity index (χ0n) is 39.9. The Morgan fingerprint density at radius 2 is 0.588 bits per heavy atom. The second kappa shape index (κ2) is 16.8. The predicted octanol–water partition coefficient (Wildman–Crippen LogP) is 13.5. The summed E-state index contributed by atoms with van der Waals surface area (Å²) in [6.45, 7) is 26.6. The van der Waals surface area contributed by atoms with Gasteiger partial charge in [0.25, 0.3) is 0 Å². The monoisotopic (exact) mass is 946 g/mol. The molecule has 0 saturated carbocycles. The minimum atomic E-state index is -2.31. The Bertz CT molecular complexity index is 3200. The van der Waals surface area contributed by atoms with Crippen LogP contribution in [-0.4, -0.2) is 55.8 Å². The first-order chi connectivity index (χ1) is 31.9. The third-order valence-electron chi connectivity index (χ3n) is 14.4. The molecule has 2 heterocycles. The van der Waals surface area contributed by atoms with Crippen LogP contribution in [0.15, 0.2) is 48.5 Å². The molecule has 68 heavy (non-hydrogen) atoms. The van der Waals surface area contributed by atoms with Gasteiger partial charge in [-0.05, 0) is 57.5 Å². The molecule has 0 amide bonds. The van der Waals surface area contributed by atoms with Gasteiger partial charge in [0.2, 0.25) is 0 Å². The van der Waals surface area contributed by atoms with Gasteiger partial charge in [0.1, 0.15) is 16.1 Å². The van der Waals surface area contributed by atoms with Crippen molar-refractivity contribution in [2.45, 2.75) is 116 Å². The maximum atomic E-state index is 12.2. The highest BCUT2D eigenvalue weighted by Crippen LogP contribution is 2.47. The molecule has 0 atom stereocenters. The van der Waals surface area contributed by atoms with Gasteiger partial charge in [-0.2, -0.15) is 0 Å². The second-order valence-electron chi connectivity index (χ2n) is 19.7. The van der Waals surface area contributed by atoms with E-state index < -0.39 is 58.6 Å². The number of hydrogen-bond donors (Lipinski definition) is 0. The lowest BCUT2D eigenvalue weighted by Crippen LogP contribution is -2.43.